The molecule has 2 aliphatic heterocycles. The van der Waals surface area contributed by atoms with Crippen LogP contribution in [0.15, 0.2) is 28.7 Å². The average Bonchev–Trinajstić information content (AvgIpc) is 2.85. The first-order valence-electron chi connectivity index (χ1n) is 7.37. The molecule has 2 heterocycles. The maximum Gasteiger partial charge on any atom is 0.0576 e. The molecule has 3 rings (SSSR count). The van der Waals surface area contributed by atoms with Crippen molar-refractivity contribution in [3.63, 3.8) is 0 Å². The van der Waals surface area contributed by atoms with Crippen molar-refractivity contribution >= 4 is 15.9 Å². The predicted octanol–water partition coefficient (Wildman–Crippen LogP) is 3.64. The van der Waals surface area contributed by atoms with Crippen LogP contribution in [0.4, 0.5) is 0 Å². The van der Waals surface area contributed by atoms with E-state index in [0.717, 1.165) is 19.7 Å². The van der Waals surface area contributed by atoms with E-state index >= 15 is 0 Å². The summed E-state index contributed by atoms with van der Waals surface area (Å²) in [7, 11) is 0. The summed E-state index contributed by atoms with van der Waals surface area (Å²) in [5.74, 6) is 0. The Balaban J connectivity index is 1.59. The lowest BCUT2D eigenvalue weighted by Gasteiger charge is -2.43. The predicted molar refractivity (Wildman–Crippen MR) is 81.5 cm³/mol. The average molecular weight is 324 g/mol. The first-order valence-corrected chi connectivity index (χ1v) is 8.16. The normalized spacial score (nSPS) is 25.2. The first-order chi connectivity index (χ1) is 9.28. The molecule has 0 radical (unpaired) electrons. The number of ether oxygens (including phenoxy) is 1. The summed E-state index contributed by atoms with van der Waals surface area (Å²) in [6.45, 7) is 3.22. The summed E-state index contributed by atoms with van der Waals surface area (Å²) in [4.78, 5) is 0. The van der Waals surface area contributed by atoms with E-state index in [1.165, 1.54) is 42.1 Å². The van der Waals surface area contributed by atoms with Gasteiger partial charge in [-0.3, -0.25) is 0 Å². The lowest BCUT2D eigenvalue weighted by Crippen LogP contribution is -2.56. The van der Waals surface area contributed by atoms with Gasteiger partial charge in [-0.1, -0.05) is 28.1 Å². The molecular weight excluding hydrogens is 302 g/mol. The molecule has 2 nitrogen and oxygen atoms in total. The fraction of sp³-hybridized carbons (Fsp3) is 0.625. The van der Waals surface area contributed by atoms with Crippen molar-refractivity contribution in [2.24, 2.45) is 0 Å². The van der Waals surface area contributed by atoms with Gasteiger partial charge >= 0.3 is 0 Å². The van der Waals surface area contributed by atoms with Gasteiger partial charge in [0.2, 0.25) is 0 Å². The number of hydrogen-bond acceptors (Lipinski definition) is 2. The van der Waals surface area contributed by atoms with Gasteiger partial charge in [0, 0.05) is 29.6 Å². The van der Waals surface area contributed by atoms with Crippen molar-refractivity contribution in [2.45, 2.75) is 43.6 Å². The maximum absolute atomic E-state index is 5.72. The molecule has 1 N–H and O–H groups in total. The Morgan fingerprint density at radius 3 is 2.89 bits per heavy atom. The number of halogens is 1. The molecule has 2 fully saturated rings. The van der Waals surface area contributed by atoms with Crippen LogP contribution in [-0.4, -0.2) is 25.8 Å². The fourth-order valence-electron chi connectivity index (χ4n) is 3.31. The molecule has 0 aromatic heterocycles. The highest BCUT2D eigenvalue weighted by Crippen LogP contribution is 2.35. The van der Waals surface area contributed by atoms with Crippen LogP contribution in [0.1, 0.15) is 37.7 Å². The highest BCUT2D eigenvalue weighted by atomic mass is 79.9. The van der Waals surface area contributed by atoms with Crippen LogP contribution in [0.3, 0.4) is 0 Å². The van der Waals surface area contributed by atoms with Crippen LogP contribution >= 0.6 is 15.9 Å². The van der Waals surface area contributed by atoms with Gasteiger partial charge < -0.3 is 10.1 Å². The molecule has 1 aromatic carbocycles. The van der Waals surface area contributed by atoms with Crippen LogP contribution < -0.4 is 5.32 Å². The topological polar surface area (TPSA) is 21.3 Å². The third kappa shape index (κ3) is 3.04. The van der Waals surface area contributed by atoms with Gasteiger partial charge in [-0.25, -0.2) is 0 Å². The van der Waals surface area contributed by atoms with Crippen molar-refractivity contribution in [1.82, 2.24) is 5.32 Å². The van der Waals surface area contributed by atoms with Crippen molar-refractivity contribution in [1.29, 1.82) is 0 Å². The number of hydrogen-bond donors (Lipinski definition) is 1. The van der Waals surface area contributed by atoms with Gasteiger partial charge in [0.05, 0.1) is 6.10 Å². The second kappa shape index (κ2) is 5.94. The van der Waals surface area contributed by atoms with E-state index < -0.39 is 0 Å². The summed E-state index contributed by atoms with van der Waals surface area (Å²) < 4.78 is 6.91. The molecule has 1 unspecified atom stereocenters. The van der Waals surface area contributed by atoms with Gasteiger partial charge in [0.25, 0.3) is 0 Å². The van der Waals surface area contributed by atoms with Crippen LogP contribution in [0.2, 0.25) is 0 Å². The second-order valence-corrected chi connectivity index (χ2v) is 6.84. The van der Waals surface area contributed by atoms with E-state index in [4.69, 9.17) is 4.74 Å². The van der Waals surface area contributed by atoms with Crippen LogP contribution in [0.5, 0.6) is 0 Å². The Labute approximate surface area is 124 Å². The Kier molecular flexibility index (Phi) is 4.25. The minimum absolute atomic E-state index is 0.363. The number of nitrogens with one attached hydrogen (secondary N) is 1. The Bertz CT molecular complexity index is 425. The van der Waals surface area contributed by atoms with E-state index in [2.05, 4.69) is 45.5 Å². The Morgan fingerprint density at radius 1 is 1.37 bits per heavy atom. The number of rotatable bonds is 5. The van der Waals surface area contributed by atoms with E-state index in [0.29, 0.717) is 11.5 Å². The summed E-state index contributed by atoms with van der Waals surface area (Å²) in [6, 6.07) is 8.82. The van der Waals surface area contributed by atoms with Crippen LogP contribution in [0, 0.1) is 0 Å². The Hall–Kier alpha value is -0.380. The van der Waals surface area contributed by atoms with Crippen molar-refractivity contribution in [2.75, 3.05) is 19.7 Å². The standard InChI is InChI=1S/C16H22BrNO/c17-14-5-1-4-13(10-14)16(11-18-12-16)8-2-6-15-7-3-9-19-15/h1,4-5,10,15,18H,2-3,6-9,11-12H2. The van der Waals surface area contributed by atoms with E-state index in [-0.39, 0.29) is 0 Å². The van der Waals surface area contributed by atoms with Crippen molar-refractivity contribution in [3.8, 4) is 0 Å². The van der Waals surface area contributed by atoms with Gasteiger partial charge in [0.1, 0.15) is 0 Å². The molecule has 104 valence electrons. The third-order valence-electron chi connectivity index (χ3n) is 4.57. The highest BCUT2D eigenvalue weighted by Gasteiger charge is 2.38. The summed E-state index contributed by atoms with van der Waals surface area (Å²) >= 11 is 3.59. The molecule has 0 saturated carbocycles. The third-order valence-corrected chi connectivity index (χ3v) is 5.06. The van der Waals surface area contributed by atoms with Gasteiger partial charge in [-0.15, -0.1) is 0 Å². The molecule has 3 heteroatoms. The van der Waals surface area contributed by atoms with Gasteiger partial charge in [-0.2, -0.15) is 0 Å². The molecule has 0 bridgehead atoms. The molecule has 1 aromatic rings. The zero-order valence-electron chi connectivity index (χ0n) is 11.3. The zero-order chi connectivity index (χ0) is 13.1. The molecule has 1 atom stereocenters. The van der Waals surface area contributed by atoms with Crippen LogP contribution in [0.25, 0.3) is 0 Å². The van der Waals surface area contributed by atoms with Crippen molar-refractivity contribution in [3.05, 3.63) is 34.3 Å². The lowest BCUT2D eigenvalue weighted by atomic mass is 9.71. The Morgan fingerprint density at radius 2 is 2.26 bits per heavy atom. The monoisotopic (exact) mass is 323 g/mol. The minimum Gasteiger partial charge on any atom is -0.378 e. The maximum atomic E-state index is 5.72. The molecule has 2 saturated heterocycles. The quantitative estimate of drug-likeness (QED) is 0.893. The van der Waals surface area contributed by atoms with E-state index in [1.807, 2.05) is 0 Å². The minimum atomic E-state index is 0.363. The van der Waals surface area contributed by atoms with Gasteiger partial charge in [-0.05, 0) is 49.8 Å². The zero-order valence-corrected chi connectivity index (χ0v) is 12.9. The molecular formula is C16H22BrNO. The van der Waals surface area contributed by atoms with Crippen molar-refractivity contribution < 1.29 is 4.74 Å². The van der Waals surface area contributed by atoms with Crippen LogP contribution in [-0.2, 0) is 10.2 Å². The highest BCUT2D eigenvalue weighted by molar-refractivity contribution is 9.10. The summed E-state index contributed by atoms with van der Waals surface area (Å²) in [5.41, 5.74) is 1.84. The lowest BCUT2D eigenvalue weighted by molar-refractivity contribution is 0.0980. The fourth-order valence-corrected chi connectivity index (χ4v) is 3.71. The smallest absolute Gasteiger partial charge is 0.0576 e. The first kappa shape index (κ1) is 13.6. The molecule has 0 amide bonds. The number of benzene rings is 1. The SMILES string of the molecule is Brc1cccc(C2(CCCC3CCCO3)CNC2)c1. The molecule has 0 aliphatic carbocycles. The molecule has 0 spiro atoms. The summed E-state index contributed by atoms with van der Waals surface area (Å²) in [5, 5.41) is 3.45. The summed E-state index contributed by atoms with van der Waals surface area (Å²) in [6.07, 6.45) is 6.84. The molecule has 19 heavy (non-hydrogen) atoms. The van der Waals surface area contributed by atoms with E-state index in [9.17, 15) is 0 Å². The largest absolute Gasteiger partial charge is 0.378 e. The molecule has 2 aliphatic rings. The van der Waals surface area contributed by atoms with E-state index in [1.54, 1.807) is 0 Å². The van der Waals surface area contributed by atoms with Gasteiger partial charge in [0.15, 0.2) is 0 Å². The second-order valence-electron chi connectivity index (χ2n) is 5.92.